The van der Waals surface area contributed by atoms with Crippen LogP contribution in [0.2, 0.25) is 0 Å². The fourth-order valence-electron chi connectivity index (χ4n) is 2.36. The Hall–Kier alpha value is -1.88. The number of carbonyl (C=O) groups is 1. The Bertz CT molecular complexity index is 575. The lowest BCUT2D eigenvalue weighted by Crippen LogP contribution is -2.35. The van der Waals surface area contributed by atoms with Gasteiger partial charge in [-0.25, -0.2) is 9.67 Å². The van der Waals surface area contributed by atoms with E-state index in [9.17, 15) is 4.79 Å². The lowest BCUT2D eigenvalue weighted by atomic mass is 10.0. The molecule has 1 amide bonds. The third-order valence-corrected chi connectivity index (χ3v) is 3.63. The third kappa shape index (κ3) is 3.42. The molecule has 2 rings (SSSR count). The largest absolute Gasteiger partial charge is 0.291 e. The lowest BCUT2D eigenvalue weighted by molar-refractivity contribution is -0.116. The highest BCUT2D eigenvalue weighted by Crippen LogP contribution is 2.27. The molecule has 0 bridgehead atoms. The van der Waals surface area contributed by atoms with Gasteiger partial charge in [0.2, 0.25) is 5.91 Å². The van der Waals surface area contributed by atoms with E-state index >= 15 is 0 Å². The van der Waals surface area contributed by atoms with Gasteiger partial charge in [-0.05, 0) is 24.0 Å². The number of aryl methyl sites for hydroxylation is 2. The van der Waals surface area contributed by atoms with Crippen molar-refractivity contribution in [1.29, 1.82) is 0 Å². The number of para-hydroxylation sites is 1. The molecule has 0 fully saturated rings. The molecule has 0 unspecified atom stereocenters. The third-order valence-electron chi connectivity index (χ3n) is 3.40. The number of alkyl halides is 1. The maximum atomic E-state index is 12.3. The number of hydrogen-bond donors (Lipinski definition) is 0. The molecule has 2 aromatic rings. The van der Waals surface area contributed by atoms with Crippen molar-refractivity contribution in [3.63, 3.8) is 0 Å². The summed E-state index contributed by atoms with van der Waals surface area (Å²) in [5.41, 5.74) is 3.21. The molecule has 0 aliphatic carbocycles. The van der Waals surface area contributed by atoms with Gasteiger partial charge >= 0.3 is 0 Å². The van der Waals surface area contributed by atoms with Gasteiger partial charge in [0.25, 0.3) is 0 Å². The Morgan fingerprint density at radius 2 is 1.95 bits per heavy atom. The molecule has 0 spiro atoms. The summed E-state index contributed by atoms with van der Waals surface area (Å²) < 4.78 is 1.62. The molecule has 1 aromatic carbocycles. The Kier molecular flexibility index (Phi) is 5.33. The minimum atomic E-state index is -0.136. The van der Waals surface area contributed by atoms with Crippen LogP contribution in [0.5, 0.6) is 0 Å². The van der Waals surface area contributed by atoms with Crippen LogP contribution in [-0.2, 0) is 24.3 Å². The summed E-state index contributed by atoms with van der Waals surface area (Å²) in [4.78, 5) is 17.9. The number of benzene rings is 1. The van der Waals surface area contributed by atoms with Gasteiger partial charge in [-0.2, -0.15) is 5.10 Å². The molecule has 21 heavy (non-hydrogen) atoms. The molecule has 0 radical (unpaired) electrons. The standard InChI is InChI=1S/C15H19ClN4O/c1-3-12-6-5-7-13(4-2)15(12)20(14(21)8-16)11-19-10-17-9-18-19/h5-7,9-10H,3-4,8,11H2,1-2H3. The first-order valence-corrected chi connectivity index (χ1v) is 7.54. The van der Waals surface area contributed by atoms with Crippen molar-refractivity contribution in [3.05, 3.63) is 42.0 Å². The van der Waals surface area contributed by atoms with Gasteiger partial charge in [0.15, 0.2) is 0 Å². The summed E-state index contributed by atoms with van der Waals surface area (Å²) >= 11 is 5.79. The van der Waals surface area contributed by atoms with Crippen LogP contribution in [-0.4, -0.2) is 26.6 Å². The molecular formula is C15H19ClN4O. The summed E-state index contributed by atoms with van der Waals surface area (Å²) in [7, 11) is 0. The highest BCUT2D eigenvalue weighted by Gasteiger charge is 2.20. The van der Waals surface area contributed by atoms with E-state index in [0.717, 1.165) is 29.7 Å². The zero-order valence-corrected chi connectivity index (χ0v) is 13.0. The van der Waals surface area contributed by atoms with E-state index in [1.165, 1.54) is 6.33 Å². The molecule has 0 saturated heterocycles. The van der Waals surface area contributed by atoms with E-state index in [1.807, 2.05) is 18.2 Å². The first-order chi connectivity index (χ1) is 10.2. The molecule has 6 heteroatoms. The van der Waals surface area contributed by atoms with Crippen LogP contribution >= 0.6 is 11.6 Å². The number of rotatable bonds is 6. The van der Waals surface area contributed by atoms with Crippen molar-refractivity contribution in [2.45, 2.75) is 33.4 Å². The van der Waals surface area contributed by atoms with Crippen LogP contribution in [0, 0.1) is 0 Å². The van der Waals surface area contributed by atoms with Gasteiger partial charge in [-0.3, -0.25) is 9.69 Å². The van der Waals surface area contributed by atoms with E-state index in [2.05, 4.69) is 23.9 Å². The number of carbonyl (C=O) groups excluding carboxylic acids is 1. The predicted octanol–water partition coefficient (Wildman–Crippen LogP) is 2.63. The molecule has 0 aliphatic rings. The van der Waals surface area contributed by atoms with E-state index in [1.54, 1.807) is 15.9 Å². The highest BCUT2D eigenvalue weighted by atomic mass is 35.5. The van der Waals surface area contributed by atoms with Crippen LogP contribution < -0.4 is 4.90 Å². The fourth-order valence-corrected chi connectivity index (χ4v) is 2.50. The van der Waals surface area contributed by atoms with Gasteiger partial charge in [0.1, 0.15) is 25.2 Å². The van der Waals surface area contributed by atoms with Crippen LogP contribution in [0.15, 0.2) is 30.9 Å². The number of anilines is 1. The SMILES string of the molecule is CCc1cccc(CC)c1N(Cn1cncn1)C(=O)CCl. The molecular weight excluding hydrogens is 288 g/mol. The summed E-state index contributed by atoms with van der Waals surface area (Å²) in [6.45, 7) is 4.48. The monoisotopic (exact) mass is 306 g/mol. The van der Waals surface area contributed by atoms with Crippen molar-refractivity contribution in [2.75, 3.05) is 10.8 Å². The van der Waals surface area contributed by atoms with Gasteiger partial charge in [0, 0.05) is 0 Å². The average Bonchev–Trinajstić information content (AvgIpc) is 3.04. The number of nitrogens with zero attached hydrogens (tertiary/aromatic N) is 4. The second kappa shape index (κ2) is 7.22. The normalized spacial score (nSPS) is 10.6. The lowest BCUT2D eigenvalue weighted by Gasteiger charge is -2.26. The fraction of sp³-hybridized carbons (Fsp3) is 0.400. The van der Waals surface area contributed by atoms with Gasteiger partial charge in [-0.1, -0.05) is 32.0 Å². The van der Waals surface area contributed by atoms with Crippen molar-refractivity contribution < 1.29 is 4.79 Å². The Morgan fingerprint density at radius 1 is 1.29 bits per heavy atom. The minimum absolute atomic E-state index is 0.0596. The van der Waals surface area contributed by atoms with E-state index in [4.69, 9.17) is 11.6 Å². The second-order valence-electron chi connectivity index (χ2n) is 4.66. The van der Waals surface area contributed by atoms with Gasteiger partial charge < -0.3 is 0 Å². The van der Waals surface area contributed by atoms with Crippen LogP contribution in [0.1, 0.15) is 25.0 Å². The number of amides is 1. The molecule has 5 nitrogen and oxygen atoms in total. The van der Waals surface area contributed by atoms with Crippen molar-refractivity contribution in [1.82, 2.24) is 14.8 Å². The zero-order valence-electron chi connectivity index (χ0n) is 12.3. The highest BCUT2D eigenvalue weighted by molar-refractivity contribution is 6.29. The number of halogens is 1. The molecule has 1 aromatic heterocycles. The Labute approximate surface area is 129 Å². The van der Waals surface area contributed by atoms with Crippen molar-refractivity contribution in [3.8, 4) is 0 Å². The Balaban J connectivity index is 2.47. The van der Waals surface area contributed by atoms with Crippen molar-refractivity contribution >= 4 is 23.2 Å². The first-order valence-electron chi connectivity index (χ1n) is 7.00. The second-order valence-corrected chi connectivity index (χ2v) is 4.93. The molecule has 0 saturated carbocycles. The smallest absolute Gasteiger partial charge is 0.243 e. The molecule has 0 atom stereocenters. The van der Waals surface area contributed by atoms with E-state index < -0.39 is 0 Å². The number of aromatic nitrogens is 3. The Morgan fingerprint density at radius 3 is 2.43 bits per heavy atom. The maximum Gasteiger partial charge on any atom is 0.243 e. The summed E-state index contributed by atoms with van der Waals surface area (Å²) in [5, 5.41) is 4.08. The summed E-state index contributed by atoms with van der Waals surface area (Å²) in [5.74, 6) is -0.196. The first kappa shape index (κ1) is 15.5. The molecule has 0 N–H and O–H groups in total. The summed E-state index contributed by atoms with van der Waals surface area (Å²) in [6.07, 6.45) is 4.75. The molecule has 1 heterocycles. The average molecular weight is 307 g/mol. The van der Waals surface area contributed by atoms with Crippen LogP contribution in [0.3, 0.4) is 0 Å². The maximum absolute atomic E-state index is 12.3. The molecule has 0 aliphatic heterocycles. The summed E-state index contributed by atoms with van der Waals surface area (Å²) in [6, 6.07) is 6.12. The number of hydrogen-bond acceptors (Lipinski definition) is 3. The van der Waals surface area contributed by atoms with E-state index in [0.29, 0.717) is 6.67 Å². The topological polar surface area (TPSA) is 51.0 Å². The van der Waals surface area contributed by atoms with Gasteiger partial charge in [0.05, 0.1) is 5.69 Å². The van der Waals surface area contributed by atoms with Gasteiger partial charge in [-0.15, -0.1) is 11.6 Å². The predicted molar refractivity (Wildman–Crippen MR) is 83.4 cm³/mol. The van der Waals surface area contributed by atoms with Crippen LogP contribution in [0.25, 0.3) is 0 Å². The minimum Gasteiger partial charge on any atom is -0.291 e. The van der Waals surface area contributed by atoms with E-state index in [-0.39, 0.29) is 11.8 Å². The quantitative estimate of drug-likeness (QED) is 0.771. The van der Waals surface area contributed by atoms with Crippen molar-refractivity contribution in [2.24, 2.45) is 0 Å². The zero-order chi connectivity index (χ0) is 15.2. The molecule has 112 valence electrons. The van der Waals surface area contributed by atoms with Crippen LogP contribution in [0.4, 0.5) is 5.69 Å².